The van der Waals surface area contributed by atoms with E-state index >= 15 is 0 Å². The van der Waals surface area contributed by atoms with Crippen LogP contribution in [0.25, 0.3) is 0 Å². The Kier molecular flexibility index (Phi) is 21.1. The molecule has 0 aromatic heterocycles. The van der Waals surface area contributed by atoms with Crippen LogP contribution >= 0.6 is 23.8 Å². The normalized spacial score (nSPS) is 12.9. The Hall–Kier alpha value is -8.02. The van der Waals surface area contributed by atoms with Crippen molar-refractivity contribution < 1.29 is 53.0 Å². The summed E-state index contributed by atoms with van der Waals surface area (Å²) in [5.41, 5.74) is 3.09. The Morgan fingerprint density at radius 2 is 0.370 bits per heavy atom. The van der Waals surface area contributed by atoms with Crippen LogP contribution < -0.4 is 31.8 Å². The molecule has 0 spiro atoms. The van der Waals surface area contributed by atoms with Crippen molar-refractivity contribution in [3.8, 4) is 0 Å². The van der Waals surface area contributed by atoms with Gasteiger partial charge in [-0.15, -0.1) is 0 Å². The van der Waals surface area contributed by atoms with Gasteiger partial charge in [0.1, 0.15) is 0 Å². The maximum absolute atomic E-state index is 12.6. The zero-order valence-corrected chi connectivity index (χ0v) is 48.2. The standard InChI is InChI=1S/3C22H18NO2P.CO.Rh/c3*24-21-19-13-7-8-14-20(19)22(25)23(21)15-16-26(17-9-3-1-4-10-17)18-11-5-2-6-12-18;1-2;/h3*1-14H,15-16H2;;. The smallest absolute Gasteiger partial charge is 0.281 e. The second-order valence-electron chi connectivity index (χ2n) is 18.4. The van der Waals surface area contributed by atoms with Gasteiger partial charge in [-0.05, 0) is 110 Å². The number of carbonyl (C=O) groups is 6. The summed E-state index contributed by atoms with van der Waals surface area (Å²) in [5.74, 6) is -1.07. The number of hydrogen-bond donors (Lipinski definition) is 0. The first-order valence-electron chi connectivity index (χ1n) is 26.0. The van der Waals surface area contributed by atoms with E-state index in [0.29, 0.717) is 53.0 Å². The van der Waals surface area contributed by atoms with Crippen LogP contribution in [0, 0.1) is 0 Å². The number of carbonyl (C=O) groups excluding carboxylic acids is 7. The van der Waals surface area contributed by atoms with Gasteiger partial charge in [0.15, 0.2) is 0 Å². The summed E-state index contributed by atoms with van der Waals surface area (Å²) in [6.07, 6.45) is 2.28. The number of fused-ring (bicyclic) bond motifs is 3. The molecule has 12 rings (SSSR count). The van der Waals surface area contributed by atoms with Gasteiger partial charge in [0.25, 0.3) is 42.2 Å². The molecule has 10 nitrogen and oxygen atoms in total. The van der Waals surface area contributed by atoms with Crippen LogP contribution in [-0.2, 0) is 24.3 Å². The first-order chi connectivity index (χ1) is 39.3. The van der Waals surface area contributed by atoms with Crippen LogP contribution in [0.2, 0.25) is 0 Å². The Balaban J connectivity index is 0.000000156. The Bertz CT molecular complexity index is 3010. The minimum absolute atomic E-state index is 0. The number of hydrogen-bond acceptors (Lipinski definition) is 7. The first kappa shape index (κ1) is 59.1. The summed E-state index contributed by atoms with van der Waals surface area (Å²) >= 11 is 0. The Morgan fingerprint density at radius 1 is 0.235 bits per heavy atom. The van der Waals surface area contributed by atoms with Gasteiger partial charge in [-0.1, -0.05) is 218 Å². The quantitative estimate of drug-likeness (QED) is 0.0568. The fourth-order valence-corrected chi connectivity index (χ4v) is 16.6. The van der Waals surface area contributed by atoms with Crippen LogP contribution in [-0.4, -0.2) is 95.1 Å². The molecule has 0 bridgehead atoms. The molecule has 0 saturated carbocycles. The summed E-state index contributed by atoms with van der Waals surface area (Å²) in [7, 11) is -1.88. The van der Waals surface area contributed by atoms with Crippen LogP contribution in [0.4, 0.5) is 0 Å². The summed E-state index contributed by atoms with van der Waals surface area (Å²) in [4.78, 5) is 87.3. The van der Waals surface area contributed by atoms with Crippen molar-refractivity contribution in [3.05, 3.63) is 288 Å². The molecule has 0 N–H and O–H groups in total. The minimum Gasteiger partial charge on any atom is -0.281 e. The molecular formula is C67H54N3O7P3Rh. The monoisotopic (exact) mass is 1210 g/mol. The van der Waals surface area contributed by atoms with Crippen LogP contribution in [0.15, 0.2) is 255 Å². The molecule has 3 radical (unpaired) electrons. The molecular weight excluding hydrogens is 1150 g/mol. The van der Waals surface area contributed by atoms with Gasteiger partial charge in [-0.2, -0.15) is 0 Å². The molecule has 0 aliphatic carbocycles. The Morgan fingerprint density at radius 3 is 0.519 bits per heavy atom. The molecule has 6 amide bonds. The molecule has 0 fully saturated rings. The van der Waals surface area contributed by atoms with Crippen molar-refractivity contribution in [3.63, 3.8) is 0 Å². The van der Waals surface area contributed by atoms with Gasteiger partial charge < -0.3 is 0 Å². The van der Waals surface area contributed by atoms with Gasteiger partial charge in [-0.25, -0.2) is 0 Å². The average Bonchev–Trinajstić information content (AvgIpc) is 4.08. The third-order valence-corrected chi connectivity index (χ3v) is 21.2. The fourth-order valence-electron chi connectivity index (χ4n) is 9.80. The number of nitrogens with zero attached hydrogens (tertiary/aromatic N) is 3. The van der Waals surface area contributed by atoms with Crippen LogP contribution in [0.5, 0.6) is 0 Å². The van der Waals surface area contributed by atoms with Crippen LogP contribution in [0.1, 0.15) is 62.1 Å². The van der Waals surface area contributed by atoms with Gasteiger partial charge in [0.2, 0.25) is 0 Å². The molecule has 3 aliphatic heterocycles. The van der Waals surface area contributed by atoms with Gasteiger partial charge in [0.05, 0.1) is 33.4 Å². The molecule has 9 aromatic carbocycles. The van der Waals surface area contributed by atoms with Crippen molar-refractivity contribution in [2.45, 2.75) is 0 Å². The zero-order chi connectivity index (χ0) is 55.8. The number of rotatable bonds is 15. The van der Waals surface area contributed by atoms with Gasteiger partial charge >= 0.3 is 0 Å². The summed E-state index contributed by atoms with van der Waals surface area (Å²) < 4.78 is 0. The van der Waals surface area contributed by atoms with E-state index in [1.165, 1.54) is 46.5 Å². The molecule has 0 saturated heterocycles. The minimum atomic E-state index is -0.627. The molecule has 14 heteroatoms. The third kappa shape index (κ3) is 13.8. The topological polar surface area (TPSA) is 129 Å². The molecule has 3 heterocycles. The van der Waals surface area contributed by atoms with Crippen molar-refractivity contribution in [2.75, 3.05) is 38.1 Å². The molecule has 3 aliphatic rings. The average molecular weight is 1210 g/mol. The maximum Gasteiger partial charge on any atom is 0.281 e. The second kappa shape index (κ2) is 28.9. The fraction of sp³-hybridized carbons (Fsp3) is 0.0896. The van der Waals surface area contributed by atoms with E-state index < -0.39 is 23.8 Å². The Labute approximate surface area is 488 Å². The van der Waals surface area contributed by atoms with Gasteiger partial charge in [-0.3, -0.25) is 48.3 Å². The number of amides is 6. The van der Waals surface area contributed by atoms with Crippen molar-refractivity contribution in [1.29, 1.82) is 0 Å². The van der Waals surface area contributed by atoms with E-state index in [1.54, 1.807) is 72.8 Å². The largest absolute Gasteiger partial charge is 0.281 e. The molecule has 0 unspecified atom stereocenters. The van der Waals surface area contributed by atoms with E-state index in [-0.39, 0.29) is 54.9 Å². The number of benzene rings is 9. The van der Waals surface area contributed by atoms with Crippen molar-refractivity contribution in [1.82, 2.24) is 14.7 Å². The second-order valence-corrected chi connectivity index (χ2v) is 25.4. The SMILES string of the molecule is O=C1c2ccccc2C(=O)N1CCP(c1ccccc1)c1ccccc1.O=C1c2ccccc2C(=O)N1CCP(c1ccccc1)c1ccccc1.O=C1c2ccccc2C(=O)N1CCP(c1ccccc1)c1ccccc1.[C]=O.[Rh]. The third-order valence-electron chi connectivity index (χ3n) is 13.7. The van der Waals surface area contributed by atoms with Gasteiger partial charge in [0, 0.05) is 39.1 Å². The van der Waals surface area contributed by atoms with Crippen LogP contribution in [0.3, 0.4) is 0 Å². The molecule has 403 valence electrons. The molecule has 0 atom stereocenters. The zero-order valence-electron chi connectivity index (χ0n) is 43.9. The van der Waals surface area contributed by atoms with E-state index in [2.05, 4.69) is 79.6 Å². The summed E-state index contributed by atoms with van der Waals surface area (Å²) in [6.45, 7) is 5.80. The predicted octanol–water partition coefficient (Wildman–Crippen LogP) is 9.85. The first-order valence-corrected chi connectivity index (χ1v) is 30.5. The predicted molar refractivity (Wildman–Crippen MR) is 323 cm³/mol. The van der Waals surface area contributed by atoms with Crippen molar-refractivity contribution in [2.24, 2.45) is 0 Å². The maximum atomic E-state index is 12.6. The van der Waals surface area contributed by atoms with E-state index in [4.69, 9.17) is 4.79 Å². The summed E-state index contributed by atoms with van der Waals surface area (Å²) in [5, 5.41) is 7.53. The molecule has 81 heavy (non-hydrogen) atoms. The van der Waals surface area contributed by atoms with E-state index in [9.17, 15) is 28.8 Å². The number of imide groups is 3. The summed E-state index contributed by atoms with van der Waals surface area (Å²) in [6, 6.07) is 83.2. The van der Waals surface area contributed by atoms with E-state index in [1.807, 2.05) is 109 Å². The molecule has 9 aromatic rings. The van der Waals surface area contributed by atoms with Crippen molar-refractivity contribution >= 4 is 97.8 Å². The van der Waals surface area contributed by atoms with E-state index in [0.717, 1.165) is 18.5 Å².